The first-order valence-electron chi connectivity index (χ1n) is 5.54. The Morgan fingerprint density at radius 3 is 2.72 bits per heavy atom. The van der Waals surface area contributed by atoms with Gasteiger partial charge in [-0.25, -0.2) is 0 Å². The maximum atomic E-state index is 12.1. The molecule has 0 aliphatic carbocycles. The standard InChI is InChI=1S/C12H15BrN2O3/c1-9-4-5-11(15(17)18)10(8-9)12(16)14(2)7-3-6-13/h4-5,8H,3,6-7H2,1-2H3. The molecule has 0 atom stereocenters. The van der Waals surface area contributed by atoms with Gasteiger partial charge in [0, 0.05) is 25.0 Å². The van der Waals surface area contributed by atoms with E-state index in [1.807, 2.05) is 0 Å². The van der Waals surface area contributed by atoms with Crippen LogP contribution in [-0.2, 0) is 0 Å². The molecule has 1 aromatic rings. The molecule has 0 spiro atoms. The van der Waals surface area contributed by atoms with E-state index in [1.54, 1.807) is 26.1 Å². The van der Waals surface area contributed by atoms with Gasteiger partial charge in [0.25, 0.3) is 11.6 Å². The van der Waals surface area contributed by atoms with Gasteiger partial charge >= 0.3 is 0 Å². The van der Waals surface area contributed by atoms with Gasteiger partial charge in [0.05, 0.1) is 4.92 Å². The molecule has 0 aliphatic rings. The lowest BCUT2D eigenvalue weighted by Gasteiger charge is -2.16. The molecular weight excluding hydrogens is 300 g/mol. The second-order valence-electron chi connectivity index (χ2n) is 4.05. The van der Waals surface area contributed by atoms with Crippen LogP contribution in [0.25, 0.3) is 0 Å². The van der Waals surface area contributed by atoms with Gasteiger partial charge < -0.3 is 4.90 Å². The number of benzene rings is 1. The van der Waals surface area contributed by atoms with Gasteiger partial charge in [-0.15, -0.1) is 0 Å². The minimum absolute atomic E-state index is 0.142. The molecule has 0 radical (unpaired) electrons. The molecule has 0 bridgehead atoms. The van der Waals surface area contributed by atoms with E-state index in [0.717, 1.165) is 17.3 Å². The number of halogens is 1. The van der Waals surface area contributed by atoms with E-state index in [9.17, 15) is 14.9 Å². The maximum absolute atomic E-state index is 12.1. The van der Waals surface area contributed by atoms with E-state index in [-0.39, 0.29) is 17.2 Å². The summed E-state index contributed by atoms with van der Waals surface area (Å²) in [5.74, 6) is -0.314. The average molecular weight is 315 g/mol. The third-order valence-electron chi connectivity index (χ3n) is 2.55. The Hall–Kier alpha value is -1.43. The Kier molecular flexibility index (Phi) is 5.27. The van der Waals surface area contributed by atoms with Gasteiger partial charge in [0.1, 0.15) is 5.56 Å². The van der Waals surface area contributed by atoms with Gasteiger partial charge in [-0.2, -0.15) is 0 Å². The fourth-order valence-corrected chi connectivity index (χ4v) is 1.84. The molecule has 1 amide bonds. The average Bonchev–Trinajstić information content (AvgIpc) is 2.34. The largest absolute Gasteiger partial charge is 0.341 e. The number of nitro benzene ring substituents is 1. The van der Waals surface area contributed by atoms with Crippen molar-refractivity contribution in [3.63, 3.8) is 0 Å². The van der Waals surface area contributed by atoms with Crippen LogP contribution in [0.5, 0.6) is 0 Å². The lowest BCUT2D eigenvalue weighted by molar-refractivity contribution is -0.385. The van der Waals surface area contributed by atoms with Gasteiger partial charge in [-0.3, -0.25) is 14.9 Å². The van der Waals surface area contributed by atoms with Crippen molar-refractivity contribution in [1.82, 2.24) is 4.90 Å². The third kappa shape index (κ3) is 3.53. The second kappa shape index (κ2) is 6.49. The van der Waals surface area contributed by atoms with Crippen molar-refractivity contribution in [3.8, 4) is 0 Å². The molecule has 18 heavy (non-hydrogen) atoms. The number of carbonyl (C=O) groups excluding carboxylic acids is 1. The van der Waals surface area contributed by atoms with E-state index < -0.39 is 4.92 Å². The number of nitrogens with zero attached hydrogens (tertiary/aromatic N) is 2. The number of rotatable bonds is 5. The first-order valence-corrected chi connectivity index (χ1v) is 6.66. The summed E-state index contributed by atoms with van der Waals surface area (Å²) in [4.78, 5) is 24.0. The molecule has 0 saturated carbocycles. The van der Waals surface area contributed by atoms with Crippen LogP contribution in [-0.4, -0.2) is 34.7 Å². The molecule has 0 aromatic heterocycles. The summed E-state index contributed by atoms with van der Waals surface area (Å²) in [7, 11) is 1.65. The van der Waals surface area contributed by atoms with Gasteiger partial charge in [-0.05, 0) is 25.0 Å². The Bertz CT molecular complexity index is 463. The summed E-state index contributed by atoms with van der Waals surface area (Å²) in [6.07, 6.45) is 0.807. The minimum Gasteiger partial charge on any atom is -0.341 e. The second-order valence-corrected chi connectivity index (χ2v) is 4.84. The summed E-state index contributed by atoms with van der Waals surface area (Å²) >= 11 is 3.29. The highest BCUT2D eigenvalue weighted by atomic mass is 79.9. The zero-order chi connectivity index (χ0) is 13.7. The molecule has 0 aliphatic heterocycles. The van der Waals surface area contributed by atoms with Crippen LogP contribution in [0.15, 0.2) is 18.2 Å². The minimum atomic E-state index is -0.523. The van der Waals surface area contributed by atoms with E-state index in [2.05, 4.69) is 15.9 Å². The Morgan fingerprint density at radius 1 is 1.50 bits per heavy atom. The van der Waals surface area contributed by atoms with Crippen LogP contribution in [0.3, 0.4) is 0 Å². The predicted octanol–water partition coefficient (Wildman–Crippen LogP) is 2.76. The lowest BCUT2D eigenvalue weighted by Crippen LogP contribution is -2.28. The monoisotopic (exact) mass is 314 g/mol. The zero-order valence-corrected chi connectivity index (χ0v) is 11.9. The molecule has 1 aromatic carbocycles. The number of nitro groups is 1. The highest BCUT2D eigenvalue weighted by Gasteiger charge is 2.22. The van der Waals surface area contributed by atoms with Crippen LogP contribution in [0.2, 0.25) is 0 Å². The molecule has 0 unspecified atom stereocenters. The molecule has 5 nitrogen and oxygen atoms in total. The van der Waals surface area contributed by atoms with Crippen molar-refractivity contribution in [2.45, 2.75) is 13.3 Å². The Balaban J connectivity index is 3.03. The fourth-order valence-electron chi connectivity index (χ4n) is 1.58. The molecule has 0 N–H and O–H groups in total. The summed E-state index contributed by atoms with van der Waals surface area (Å²) in [6, 6.07) is 4.57. The van der Waals surface area contributed by atoms with E-state index in [4.69, 9.17) is 0 Å². The van der Waals surface area contributed by atoms with Crippen LogP contribution in [0.1, 0.15) is 22.3 Å². The molecule has 0 heterocycles. The van der Waals surface area contributed by atoms with Crippen LogP contribution in [0, 0.1) is 17.0 Å². The zero-order valence-electron chi connectivity index (χ0n) is 10.4. The number of carbonyl (C=O) groups is 1. The number of hydrogen-bond acceptors (Lipinski definition) is 3. The van der Waals surface area contributed by atoms with Crippen molar-refractivity contribution < 1.29 is 9.72 Å². The molecule has 1 rings (SSSR count). The topological polar surface area (TPSA) is 63.5 Å². The normalized spacial score (nSPS) is 10.2. The van der Waals surface area contributed by atoms with Crippen molar-refractivity contribution in [2.24, 2.45) is 0 Å². The number of amides is 1. The Morgan fingerprint density at radius 2 is 2.17 bits per heavy atom. The predicted molar refractivity (Wildman–Crippen MR) is 73.2 cm³/mol. The Labute approximate surface area is 114 Å². The quantitative estimate of drug-likeness (QED) is 0.477. The first kappa shape index (κ1) is 14.6. The first-order chi connectivity index (χ1) is 8.47. The van der Waals surface area contributed by atoms with E-state index >= 15 is 0 Å². The van der Waals surface area contributed by atoms with Crippen LogP contribution >= 0.6 is 15.9 Å². The van der Waals surface area contributed by atoms with Gasteiger partial charge in [-0.1, -0.05) is 22.0 Å². The smallest absolute Gasteiger partial charge is 0.282 e. The number of aryl methyl sites for hydroxylation is 1. The highest BCUT2D eigenvalue weighted by Crippen LogP contribution is 2.21. The van der Waals surface area contributed by atoms with Crippen molar-refractivity contribution >= 4 is 27.5 Å². The van der Waals surface area contributed by atoms with E-state index in [1.165, 1.54) is 11.0 Å². The molecular formula is C12H15BrN2O3. The summed E-state index contributed by atoms with van der Waals surface area (Å²) in [5, 5.41) is 11.7. The number of alkyl halides is 1. The SMILES string of the molecule is Cc1ccc([N+](=O)[O-])c(C(=O)N(C)CCCBr)c1. The summed E-state index contributed by atoms with van der Waals surface area (Å²) < 4.78 is 0. The third-order valence-corrected chi connectivity index (χ3v) is 3.11. The summed E-state index contributed by atoms with van der Waals surface area (Å²) in [6.45, 7) is 2.37. The summed E-state index contributed by atoms with van der Waals surface area (Å²) in [5.41, 5.74) is 0.839. The lowest BCUT2D eigenvalue weighted by atomic mass is 10.1. The molecule has 0 fully saturated rings. The van der Waals surface area contributed by atoms with Crippen LogP contribution in [0.4, 0.5) is 5.69 Å². The van der Waals surface area contributed by atoms with Gasteiger partial charge in [0.15, 0.2) is 0 Å². The van der Waals surface area contributed by atoms with Crippen LogP contribution < -0.4 is 0 Å². The maximum Gasteiger partial charge on any atom is 0.282 e. The van der Waals surface area contributed by atoms with Gasteiger partial charge in [0.2, 0.25) is 0 Å². The molecule has 0 saturated heterocycles. The highest BCUT2D eigenvalue weighted by molar-refractivity contribution is 9.09. The van der Waals surface area contributed by atoms with Crippen molar-refractivity contribution in [1.29, 1.82) is 0 Å². The molecule has 98 valence electrons. The van der Waals surface area contributed by atoms with Crippen molar-refractivity contribution in [3.05, 3.63) is 39.4 Å². The van der Waals surface area contributed by atoms with Crippen molar-refractivity contribution in [2.75, 3.05) is 18.9 Å². The number of hydrogen-bond donors (Lipinski definition) is 0. The fraction of sp³-hybridized carbons (Fsp3) is 0.417. The van der Waals surface area contributed by atoms with E-state index in [0.29, 0.717) is 6.54 Å². The molecule has 6 heteroatoms.